The Labute approximate surface area is 107 Å². The van der Waals surface area contributed by atoms with E-state index in [0.717, 1.165) is 5.56 Å². The molecule has 0 aromatic heterocycles. The SMILES string of the molecule is COCc1cccc(OCC(C(=O)O)C(F)(F)F)c1. The largest absolute Gasteiger partial charge is 0.492 e. The third-order valence-electron chi connectivity index (χ3n) is 2.32. The Morgan fingerprint density at radius 1 is 1.42 bits per heavy atom. The van der Waals surface area contributed by atoms with Crippen LogP contribution < -0.4 is 4.74 Å². The summed E-state index contributed by atoms with van der Waals surface area (Å²) in [5.74, 6) is -4.33. The molecular formula is C12H13F3O4. The van der Waals surface area contributed by atoms with E-state index in [9.17, 15) is 18.0 Å². The summed E-state index contributed by atoms with van der Waals surface area (Å²) in [7, 11) is 1.48. The minimum Gasteiger partial charge on any atom is -0.492 e. The molecule has 7 heteroatoms. The van der Waals surface area contributed by atoms with Gasteiger partial charge < -0.3 is 14.6 Å². The molecule has 19 heavy (non-hydrogen) atoms. The van der Waals surface area contributed by atoms with Crippen LogP contribution in [0.5, 0.6) is 5.75 Å². The quantitative estimate of drug-likeness (QED) is 0.868. The fourth-order valence-corrected chi connectivity index (χ4v) is 1.38. The fraction of sp³-hybridized carbons (Fsp3) is 0.417. The van der Waals surface area contributed by atoms with E-state index >= 15 is 0 Å². The zero-order valence-electron chi connectivity index (χ0n) is 10.1. The number of halogens is 3. The Morgan fingerprint density at radius 3 is 2.63 bits per heavy atom. The van der Waals surface area contributed by atoms with Gasteiger partial charge in [-0.25, -0.2) is 0 Å². The first-order chi connectivity index (χ1) is 8.84. The predicted octanol–water partition coefficient (Wildman–Crippen LogP) is 2.47. The lowest BCUT2D eigenvalue weighted by atomic mass is 10.1. The van der Waals surface area contributed by atoms with Crippen LogP contribution in [0.1, 0.15) is 5.56 Å². The summed E-state index contributed by atoms with van der Waals surface area (Å²) in [5, 5.41) is 8.51. The second-order valence-corrected chi connectivity index (χ2v) is 3.82. The van der Waals surface area contributed by atoms with Crippen LogP contribution >= 0.6 is 0 Å². The molecule has 0 heterocycles. The van der Waals surface area contributed by atoms with E-state index in [1.54, 1.807) is 12.1 Å². The number of carboxylic acid groups (broad SMARTS) is 1. The van der Waals surface area contributed by atoms with Crippen molar-refractivity contribution in [2.75, 3.05) is 13.7 Å². The van der Waals surface area contributed by atoms with E-state index in [-0.39, 0.29) is 5.75 Å². The second-order valence-electron chi connectivity index (χ2n) is 3.82. The van der Waals surface area contributed by atoms with Gasteiger partial charge in [-0.05, 0) is 17.7 Å². The van der Waals surface area contributed by atoms with E-state index < -0.39 is 24.7 Å². The molecule has 0 saturated heterocycles. The number of carboxylic acids is 1. The summed E-state index contributed by atoms with van der Waals surface area (Å²) in [6.45, 7) is -0.673. The number of aliphatic carboxylic acids is 1. The first kappa shape index (κ1) is 15.3. The van der Waals surface area contributed by atoms with Crippen LogP contribution in [0.15, 0.2) is 24.3 Å². The van der Waals surface area contributed by atoms with Gasteiger partial charge in [0.25, 0.3) is 0 Å². The van der Waals surface area contributed by atoms with Crippen molar-refractivity contribution in [1.29, 1.82) is 0 Å². The summed E-state index contributed by atoms with van der Waals surface area (Å²) >= 11 is 0. The van der Waals surface area contributed by atoms with Gasteiger partial charge in [0.2, 0.25) is 0 Å². The zero-order chi connectivity index (χ0) is 14.5. The van der Waals surface area contributed by atoms with E-state index in [2.05, 4.69) is 0 Å². The van der Waals surface area contributed by atoms with Gasteiger partial charge in [-0.15, -0.1) is 0 Å². The van der Waals surface area contributed by atoms with Crippen molar-refractivity contribution in [2.24, 2.45) is 5.92 Å². The van der Waals surface area contributed by atoms with E-state index in [0.29, 0.717) is 6.61 Å². The average molecular weight is 278 g/mol. The maximum Gasteiger partial charge on any atom is 0.405 e. The Kier molecular flexibility index (Phi) is 5.17. The molecule has 0 radical (unpaired) electrons. The highest BCUT2D eigenvalue weighted by atomic mass is 19.4. The maximum atomic E-state index is 12.4. The van der Waals surface area contributed by atoms with Crippen LogP contribution in [-0.4, -0.2) is 31.0 Å². The fourth-order valence-electron chi connectivity index (χ4n) is 1.38. The van der Waals surface area contributed by atoms with Crippen molar-refractivity contribution >= 4 is 5.97 Å². The molecule has 0 spiro atoms. The summed E-state index contributed by atoms with van der Waals surface area (Å²) in [6, 6.07) is 6.26. The molecule has 0 aliphatic heterocycles. The molecule has 0 saturated carbocycles. The van der Waals surface area contributed by atoms with Crippen LogP contribution in [0.4, 0.5) is 13.2 Å². The van der Waals surface area contributed by atoms with Crippen molar-refractivity contribution in [3.8, 4) is 5.75 Å². The summed E-state index contributed by atoms with van der Waals surface area (Å²) in [4.78, 5) is 10.5. The molecule has 0 aliphatic carbocycles. The molecule has 0 amide bonds. The minimum absolute atomic E-state index is 0.171. The van der Waals surface area contributed by atoms with Gasteiger partial charge in [-0.1, -0.05) is 12.1 Å². The Balaban J connectivity index is 2.69. The van der Waals surface area contributed by atoms with Crippen LogP contribution in [0, 0.1) is 5.92 Å². The van der Waals surface area contributed by atoms with Crippen molar-refractivity contribution in [2.45, 2.75) is 12.8 Å². The monoisotopic (exact) mass is 278 g/mol. The number of hydrogen-bond acceptors (Lipinski definition) is 3. The standard InChI is InChI=1S/C12H13F3O4/c1-18-6-8-3-2-4-9(5-8)19-7-10(11(16)17)12(13,14)15/h2-5,10H,6-7H2,1H3,(H,16,17). The molecule has 1 N–H and O–H groups in total. The third-order valence-corrected chi connectivity index (χ3v) is 2.32. The smallest absolute Gasteiger partial charge is 0.405 e. The van der Waals surface area contributed by atoms with Crippen molar-refractivity contribution < 1.29 is 32.5 Å². The van der Waals surface area contributed by atoms with Gasteiger partial charge in [0.15, 0.2) is 5.92 Å². The number of ether oxygens (including phenoxy) is 2. The van der Waals surface area contributed by atoms with Crippen LogP contribution in [0.3, 0.4) is 0 Å². The van der Waals surface area contributed by atoms with Crippen LogP contribution in [0.2, 0.25) is 0 Å². The lowest BCUT2D eigenvalue weighted by Crippen LogP contribution is -2.35. The minimum atomic E-state index is -4.84. The Morgan fingerprint density at radius 2 is 2.11 bits per heavy atom. The Bertz CT molecular complexity index is 431. The predicted molar refractivity (Wildman–Crippen MR) is 59.8 cm³/mol. The van der Waals surface area contributed by atoms with Crippen molar-refractivity contribution in [3.05, 3.63) is 29.8 Å². The summed E-state index contributed by atoms with van der Waals surface area (Å²) in [6.07, 6.45) is -4.84. The molecule has 1 aromatic rings. The molecule has 106 valence electrons. The lowest BCUT2D eigenvalue weighted by Gasteiger charge is -2.16. The topological polar surface area (TPSA) is 55.8 Å². The second kappa shape index (κ2) is 6.42. The highest BCUT2D eigenvalue weighted by Crippen LogP contribution is 2.27. The third kappa shape index (κ3) is 4.78. The highest BCUT2D eigenvalue weighted by molar-refractivity contribution is 5.71. The molecule has 1 rings (SSSR count). The lowest BCUT2D eigenvalue weighted by molar-refractivity contribution is -0.198. The maximum absolute atomic E-state index is 12.4. The van der Waals surface area contributed by atoms with Gasteiger partial charge in [0, 0.05) is 7.11 Å². The van der Waals surface area contributed by atoms with Crippen molar-refractivity contribution in [1.82, 2.24) is 0 Å². The number of carbonyl (C=O) groups is 1. The van der Waals surface area contributed by atoms with Crippen LogP contribution in [-0.2, 0) is 16.1 Å². The first-order valence-corrected chi connectivity index (χ1v) is 5.34. The van der Waals surface area contributed by atoms with E-state index in [1.807, 2.05) is 0 Å². The van der Waals surface area contributed by atoms with Gasteiger partial charge in [0.1, 0.15) is 12.4 Å². The average Bonchev–Trinajstić information content (AvgIpc) is 2.27. The van der Waals surface area contributed by atoms with Crippen molar-refractivity contribution in [3.63, 3.8) is 0 Å². The van der Waals surface area contributed by atoms with E-state index in [4.69, 9.17) is 14.6 Å². The van der Waals surface area contributed by atoms with Gasteiger partial charge in [-0.2, -0.15) is 13.2 Å². The first-order valence-electron chi connectivity index (χ1n) is 5.34. The number of benzene rings is 1. The number of alkyl halides is 3. The molecule has 0 aliphatic rings. The highest BCUT2D eigenvalue weighted by Gasteiger charge is 2.45. The molecule has 0 fully saturated rings. The zero-order valence-corrected chi connectivity index (χ0v) is 10.1. The van der Waals surface area contributed by atoms with E-state index in [1.165, 1.54) is 19.2 Å². The summed E-state index contributed by atoms with van der Waals surface area (Å²) < 4.78 is 46.9. The molecule has 1 atom stereocenters. The Hall–Kier alpha value is -1.76. The molecule has 1 aromatic carbocycles. The molecular weight excluding hydrogens is 265 g/mol. The normalized spacial score (nSPS) is 13.1. The molecule has 1 unspecified atom stereocenters. The van der Waals surface area contributed by atoms with Gasteiger partial charge in [-0.3, -0.25) is 4.79 Å². The number of methoxy groups -OCH3 is 1. The summed E-state index contributed by atoms with van der Waals surface area (Å²) in [5.41, 5.74) is 0.721. The molecule has 0 bridgehead atoms. The number of rotatable bonds is 6. The van der Waals surface area contributed by atoms with Gasteiger partial charge >= 0.3 is 12.1 Å². The van der Waals surface area contributed by atoms with Gasteiger partial charge in [0.05, 0.1) is 6.61 Å². The molecule has 4 nitrogen and oxygen atoms in total. The van der Waals surface area contributed by atoms with Crippen LogP contribution in [0.25, 0.3) is 0 Å². The number of hydrogen-bond donors (Lipinski definition) is 1.